The summed E-state index contributed by atoms with van der Waals surface area (Å²) in [5.74, 6) is -0.00873. The van der Waals surface area contributed by atoms with Crippen LogP contribution in [0.5, 0.6) is 5.75 Å². The molecule has 6 heteroatoms. The lowest BCUT2D eigenvalue weighted by Crippen LogP contribution is -2.33. The zero-order valence-corrected chi connectivity index (χ0v) is 11.7. The summed E-state index contributed by atoms with van der Waals surface area (Å²) in [5, 5.41) is 28.6. The first kappa shape index (κ1) is 17.1. The molecule has 104 valence electrons. The van der Waals surface area contributed by atoms with Crippen molar-refractivity contribution in [1.29, 1.82) is 0 Å². The summed E-state index contributed by atoms with van der Waals surface area (Å²) in [6.07, 6.45) is 1.50. The van der Waals surface area contributed by atoms with Crippen LogP contribution >= 0.6 is 12.4 Å². The third-order valence-electron chi connectivity index (χ3n) is 3.09. The fourth-order valence-electron chi connectivity index (χ4n) is 1.61. The van der Waals surface area contributed by atoms with Crippen LogP contribution in [0.3, 0.4) is 0 Å². The minimum Gasteiger partial charge on any atom is -0.506 e. The molecule has 1 rings (SSSR count). The monoisotopic (exact) mass is 276 g/mol. The Morgan fingerprint density at radius 3 is 2.39 bits per heavy atom. The molecule has 0 spiro atoms. The average Bonchev–Trinajstić information content (AvgIpc) is 2.31. The molecule has 5 N–H and O–H groups in total. The number of aromatic hydroxyl groups is 1. The van der Waals surface area contributed by atoms with Gasteiger partial charge in [-0.2, -0.15) is 0 Å². The number of hydrogen-bond acceptors (Lipinski definition) is 5. The van der Waals surface area contributed by atoms with E-state index < -0.39 is 11.5 Å². The van der Waals surface area contributed by atoms with Gasteiger partial charge < -0.3 is 21.1 Å². The predicted octanol–water partition coefficient (Wildman–Crippen LogP) is 1.03. The number of nitrogens with zero attached hydrogens (tertiary/aromatic N) is 1. The molecule has 1 aromatic rings. The zero-order valence-electron chi connectivity index (χ0n) is 10.8. The Labute approximate surface area is 113 Å². The van der Waals surface area contributed by atoms with Gasteiger partial charge in [0, 0.05) is 35.4 Å². The van der Waals surface area contributed by atoms with Crippen LogP contribution in [0.4, 0.5) is 0 Å². The Morgan fingerprint density at radius 2 is 1.94 bits per heavy atom. The van der Waals surface area contributed by atoms with Crippen LogP contribution in [0.2, 0.25) is 0 Å². The highest BCUT2D eigenvalue weighted by atomic mass is 35.5. The summed E-state index contributed by atoms with van der Waals surface area (Å²) in [4.78, 5) is 3.97. The van der Waals surface area contributed by atoms with E-state index in [1.54, 1.807) is 20.8 Å². The average molecular weight is 277 g/mol. The van der Waals surface area contributed by atoms with Crippen molar-refractivity contribution < 1.29 is 15.3 Å². The Hall–Kier alpha value is -0.880. The van der Waals surface area contributed by atoms with Gasteiger partial charge in [0.1, 0.15) is 5.75 Å². The molecule has 0 aliphatic heterocycles. The van der Waals surface area contributed by atoms with E-state index in [-0.39, 0.29) is 31.4 Å². The molecule has 0 fully saturated rings. The first-order valence-corrected chi connectivity index (χ1v) is 5.49. The van der Waals surface area contributed by atoms with Crippen molar-refractivity contribution >= 4 is 12.4 Å². The van der Waals surface area contributed by atoms with Crippen molar-refractivity contribution in [1.82, 2.24) is 4.98 Å². The normalized spacial score (nSPS) is 13.0. The van der Waals surface area contributed by atoms with Gasteiger partial charge in [0.15, 0.2) is 0 Å². The van der Waals surface area contributed by atoms with Gasteiger partial charge in [-0.05, 0) is 6.92 Å². The number of rotatable bonds is 4. The topological polar surface area (TPSA) is 99.6 Å². The van der Waals surface area contributed by atoms with E-state index in [2.05, 4.69) is 4.98 Å². The minimum absolute atomic E-state index is 0. The summed E-state index contributed by atoms with van der Waals surface area (Å²) in [7, 11) is 0. The lowest BCUT2D eigenvalue weighted by Gasteiger charge is -2.31. The standard InChI is InChI=1S/C12H20N2O3.ClH/c1-7-10(17)9(8(5-15)4-14-7)11(13)12(2,3)6-16;/h4,11,15-17H,5-6,13H2,1-3H3;1H/t11-;/m1./s1. The fourth-order valence-corrected chi connectivity index (χ4v) is 1.61. The van der Waals surface area contributed by atoms with Gasteiger partial charge >= 0.3 is 0 Å². The van der Waals surface area contributed by atoms with Crippen LogP contribution in [0.25, 0.3) is 0 Å². The maximum atomic E-state index is 10.0. The van der Waals surface area contributed by atoms with Gasteiger partial charge in [-0.1, -0.05) is 13.8 Å². The third kappa shape index (κ3) is 3.11. The first-order chi connectivity index (χ1) is 7.85. The van der Waals surface area contributed by atoms with Crippen molar-refractivity contribution in [3.05, 3.63) is 23.0 Å². The van der Waals surface area contributed by atoms with Crippen LogP contribution in [0.15, 0.2) is 6.20 Å². The second-order valence-corrected chi connectivity index (χ2v) is 4.91. The number of aliphatic hydroxyl groups excluding tert-OH is 2. The van der Waals surface area contributed by atoms with Gasteiger partial charge in [0.05, 0.1) is 12.3 Å². The van der Waals surface area contributed by atoms with Crippen LogP contribution in [0.1, 0.15) is 36.7 Å². The van der Waals surface area contributed by atoms with Crippen molar-refractivity contribution in [2.45, 2.75) is 33.4 Å². The molecule has 0 amide bonds. The van der Waals surface area contributed by atoms with E-state index in [0.717, 1.165) is 0 Å². The maximum Gasteiger partial charge on any atom is 0.141 e. The molecule has 1 aromatic heterocycles. The smallest absolute Gasteiger partial charge is 0.141 e. The van der Waals surface area contributed by atoms with E-state index in [1.807, 2.05) is 0 Å². The number of aryl methyl sites for hydroxylation is 1. The Kier molecular flexibility index (Phi) is 6.02. The van der Waals surface area contributed by atoms with E-state index in [4.69, 9.17) is 5.73 Å². The van der Waals surface area contributed by atoms with Crippen molar-refractivity contribution in [3.63, 3.8) is 0 Å². The van der Waals surface area contributed by atoms with Crippen LogP contribution < -0.4 is 5.73 Å². The molecule has 0 aliphatic carbocycles. The largest absolute Gasteiger partial charge is 0.506 e. The molecule has 0 saturated carbocycles. The molecule has 1 atom stereocenters. The summed E-state index contributed by atoms with van der Waals surface area (Å²) < 4.78 is 0. The summed E-state index contributed by atoms with van der Waals surface area (Å²) in [6, 6.07) is -0.573. The van der Waals surface area contributed by atoms with Gasteiger partial charge in [-0.3, -0.25) is 4.98 Å². The van der Waals surface area contributed by atoms with E-state index >= 15 is 0 Å². The third-order valence-corrected chi connectivity index (χ3v) is 3.09. The summed E-state index contributed by atoms with van der Waals surface area (Å²) in [5.41, 5.74) is 6.89. The lowest BCUT2D eigenvalue weighted by atomic mass is 9.80. The number of aromatic nitrogens is 1. The molecule has 5 nitrogen and oxygen atoms in total. The van der Waals surface area contributed by atoms with E-state index in [9.17, 15) is 15.3 Å². The van der Waals surface area contributed by atoms with E-state index in [0.29, 0.717) is 16.8 Å². The molecule has 0 bridgehead atoms. The number of nitrogens with two attached hydrogens (primary N) is 1. The zero-order chi connectivity index (χ0) is 13.2. The van der Waals surface area contributed by atoms with Gasteiger partial charge in [0.25, 0.3) is 0 Å². The Morgan fingerprint density at radius 1 is 1.39 bits per heavy atom. The van der Waals surface area contributed by atoms with Crippen molar-refractivity contribution in [2.24, 2.45) is 11.1 Å². The molecule has 0 unspecified atom stereocenters. The summed E-state index contributed by atoms with van der Waals surface area (Å²) in [6.45, 7) is 4.91. The van der Waals surface area contributed by atoms with Gasteiger partial charge in [-0.15, -0.1) is 12.4 Å². The quantitative estimate of drug-likeness (QED) is 0.658. The highest BCUT2D eigenvalue weighted by molar-refractivity contribution is 5.85. The Bertz CT molecular complexity index is 411. The summed E-state index contributed by atoms with van der Waals surface area (Å²) >= 11 is 0. The van der Waals surface area contributed by atoms with Gasteiger partial charge in [0.2, 0.25) is 0 Å². The molecule has 0 aliphatic rings. The van der Waals surface area contributed by atoms with Crippen LogP contribution in [-0.4, -0.2) is 26.9 Å². The number of aliphatic hydroxyl groups is 2. The molecule has 0 saturated heterocycles. The number of halogens is 1. The molecule has 0 radical (unpaired) electrons. The molecular weight excluding hydrogens is 256 g/mol. The predicted molar refractivity (Wildman–Crippen MR) is 71.6 cm³/mol. The van der Waals surface area contributed by atoms with Gasteiger partial charge in [-0.25, -0.2) is 0 Å². The van der Waals surface area contributed by atoms with Crippen molar-refractivity contribution in [2.75, 3.05) is 6.61 Å². The molecule has 0 aromatic carbocycles. The highest BCUT2D eigenvalue weighted by Gasteiger charge is 2.31. The number of hydrogen-bond donors (Lipinski definition) is 4. The SMILES string of the molecule is Cc1ncc(CO)c([C@@H](N)C(C)(C)CO)c1O.Cl. The van der Waals surface area contributed by atoms with Crippen LogP contribution in [-0.2, 0) is 6.61 Å². The first-order valence-electron chi connectivity index (χ1n) is 5.49. The minimum atomic E-state index is -0.588. The molecule has 1 heterocycles. The maximum absolute atomic E-state index is 10.0. The Balaban J connectivity index is 0.00000289. The lowest BCUT2D eigenvalue weighted by molar-refractivity contribution is 0.130. The second kappa shape index (κ2) is 6.33. The molecule has 18 heavy (non-hydrogen) atoms. The molecular formula is C12H21ClN2O3. The van der Waals surface area contributed by atoms with E-state index in [1.165, 1.54) is 6.20 Å². The van der Waals surface area contributed by atoms with Crippen molar-refractivity contribution in [3.8, 4) is 5.75 Å². The highest BCUT2D eigenvalue weighted by Crippen LogP contribution is 2.38. The van der Waals surface area contributed by atoms with Crippen LogP contribution in [0, 0.1) is 12.3 Å². The second-order valence-electron chi connectivity index (χ2n) is 4.91. The number of pyridine rings is 1. The fraction of sp³-hybridized carbons (Fsp3) is 0.583.